The second-order valence-electron chi connectivity index (χ2n) is 4.66. The summed E-state index contributed by atoms with van der Waals surface area (Å²) in [6, 6.07) is 4.55. The van der Waals surface area contributed by atoms with E-state index in [4.69, 9.17) is 11.6 Å². The van der Waals surface area contributed by atoms with E-state index in [9.17, 15) is 4.39 Å². The molecular formula is C15H13ClFN3Se. The third kappa shape index (κ3) is 2.69. The summed E-state index contributed by atoms with van der Waals surface area (Å²) in [5, 5.41) is 4.39. The SMILES string of the molecule is CCc1[se]c2ncnc(Nc3ccc(F)c(Cl)c3)c2c1C. The molecule has 0 unspecified atom stereocenters. The van der Waals surface area contributed by atoms with Crippen molar-refractivity contribution in [1.82, 2.24) is 9.97 Å². The first-order valence-electron chi connectivity index (χ1n) is 6.55. The van der Waals surface area contributed by atoms with Gasteiger partial charge in [0.25, 0.3) is 0 Å². The molecule has 0 fully saturated rings. The molecule has 0 aliphatic carbocycles. The second kappa shape index (κ2) is 5.76. The Kier molecular flexibility index (Phi) is 3.98. The standard InChI is InChI=1S/C15H13ClFN3Se/c1-3-12-8(2)13-14(18-7-19-15(13)21-12)20-9-4-5-11(17)10(16)6-9/h4-7H,3H2,1-2H3,(H,18,19,20). The Bertz CT molecular complexity index is 816. The van der Waals surface area contributed by atoms with Gasteiger partial charge >= 0.3 is 133 Å². The molecule has 0 aliphatic rings. The Morgan fingerprint density at radius 1 is 1.33 bits per heavy atom. The van der Waals surface area contributed by atoms with Crippen LogP contribution < -0.4 is 5.32 Å². The minimum absolute atomic E-state index is 0.0939. The Morgan fingerprint density at radius 2 is 2.14 bits per heavy atom. The summed E-state index contributed by atoms with van der Waals surface area (Å²) in [4.78, 5) is 8.72. The van der Waals surface area contributed by atoms with Gasteiger partial charge in [-0.05, 0) is 0 Å². The Labute approximate surface area is 132 Å². The third-order valence-electron chi connectivity index (χ3n) is 3.33. The summed E-state index contributed by atoms with van der Waals surface area (Å²) < 4.78 is 15.8. The molecule has 0 radical (unpaired) electrons. The number of aromatic nitrogens is 2. The molecule has 0 saturated carbocycles. The van der Waals surface area contributed by atoms with Gasteiger partial charge in [0, 0.05) is 0 Å². The molecule has 0 atom stereocenters. The molecule has 0 aliphatic heterocycles. The number of nitrogens with one attached hydrogen (secondary N) is 1. The number of hydrogen-bond acceptors (Lipinski definition) is 3. The van der Waals surface area contributed by atoms with Crippen molar-refractivity contribution in [3.05, 3.63) is 45.4 Å². The Balaban J connectivity index is 2.07. The van der Waals surface area contributed by atoms with Crippen LogP contribution in [0.4, 0.5) is 15.9 Å². The first kappa shape index (κ1) is 14.5. The van der Waals surface area contributed by atoms with E-state index in [0.717, 1.165) is 22.0 Å². The van der Waals surface area contributed by atoms with Crippen LogP contribution >= 0.6 is 11.6 Å². The maximum atomic E-state index is 13.2. The van der Waals surface area contributed by atoms with E-state index >= 15 is 0 Å². The third-order valence-corrected chi connectivity index (χ3v) is 6.44. The van der Waals surface area contributed by atoms with Gasteiger partial charge in [-0.2, -0.15) is 0 Å². The first-order chi connectivity index (χ1) is 10.1. The average Bonchev–Trinajstić information content (AvgIpc) is 2.80. The van der Waals surface area contributed by atoms with Gasteiger partial charge in [0.05, 0.1) is 0 Å². The second-order valence-corrected chi connectivity index (χ2v) is 7.34. The van der Waals surface area contributed by atoms with Crippen LogP contribution in [0.3, 0.4) is 0 Å². The molecule has 3 rings (SSSR count). The molecule has 21 heavy (non-hydrogen) atoms. The molecule has 1 N–H and O–H groups in total. The van der Waals surface area contributed by atoms with Gasteiger partial charge in [0.1, 0.15) is 0 Å². The summed E-state index contributed by atoms with van der Waals surface area (Å²) in [6.45, 7) is 4.27. The van der Waals surface area contributed by atoms with E-state index in [2.05, 4.69) is 29.1 Å². The molecule has 108 valence electrons. The van der Waals surface area contributed by atoms with Crippen molar-refractivity contribution in [2.24, 2.45) is 0 Å². The molecule has 0 amide bonds. The van der Waals surface area contributed by atoms with Gasteiger partial charge < -0.3 is 0 Å². The molecule has 2 heterocycles. The number of hydrogen-bond donors (Lipinski definition) is 1. The molecule has 6 heteroatoms. The molecule has 3 nitrogen and oxygen atoms in total. The fourth-order valence-electron chi connectivity index (χ4n) is 2.26. The number of benzene rings is 1. The molecular weight excluding hydrogens is 356 g/mol. The fraction of sp³-hybridized carbons (Fsp3) is 0.200. The number of nitrogens with zero attached hydrogens (tertiary/aromatic N) is 2. The first-order valence-corrected chi connectivity index (χ1v) is 8.64. The summed E-state index contributed by atoms with van der Waals surface area (Å²) in [7, 11) is 0. The van der Waals surface area contributed by atoms with Crippen molar-refractivity contribution >= 4 is 47.4 Å². The zero-order valence-electron chi connectivity index (χ0n) is 11.6. The van der Waals surface area contributed by atoms with Crippen LogP contribution in [0.25, 0.3) is 9.78 Å². The maximum absolute atomic E-state index is 13.2. The summed E-state index contributed by atoms with van der Waals surface area (Å²) in [5.74, 6) is 0.327. The van der Waals surface area contributed by atoms with Gasteiger partial charge in [-0.3, -0.25) is 0 Å². The van der Waals surface area contributed by atoms with Crippen LogP contribution in [-0.2, 0) is 6.42 Å². The number of anilines is 2. The molecule has 0 bridgehead atoms. The number of rotatable bonds is 3. The van der Waals surface area contributed by atoms with Crippen molar-refractivity contribution in [2.75, 3.05) is 5.32 Å². The van der Waals surface area contributed by atoms with E-state index in [1.165, 1.54) is 16.1 Å². The normalized spacial score (nSPS) is 11.0. The number of aryl methyl sites for hydroxylation is 2. The van der Waals surface area contributed by atoms with Gasteiger partial charge in [-0.15, -0.1) is 0 Å². The van der Waals surface area contributed by atoms with Gasteiger partial charge in [-0.25, -0.2) is 0 Å². The minimum atomic E-state index is -0.428. The van der Waals surface area contributed by atoms with E-state index in [1.807, 2.05) is 0 Å². The van der Waals surface area contributed by atoms with E-state index in [0.29, 0.717) is 5.69 Å². The van der Waals surface area contributed by atoms with Crippen LogP contribution in [0.15, 0.2) is 24.5 Å². The van der Waals surface area contributed by atoms with Crippen molar-refractivity contribution in [1.29, 1.82) is 0 Å². The van der Waals surface area contributed by atoms with Crippen LogP contribution in [0.2, 0.25) is 5.02 Å². The molecule has 0 saturated heterocycles. The monoisotopic (exact) mass is 369 g/mol. The molecule has 3 aromatic rings. The van der Waals surface area contributed by atoms with Crippen molar-refractivity contribution in [2.45, 2.75) is 20.3 Å². The Hall–Kier alpha value is -1.42. The topological polar surface area (TPSA) is 37.8 Å². The summed E-state index contributed by atoms with van der Waals surface area (Å²) in [6.07, 6.45) is 2.60. The predicted octanol–water partition coefficient (Wildman–Crippen LogP) is 4.09. The van der Waals surface area contributed by atoms with Gasteiger partial charge in [-0.1, -0.05) is 0 Å². The van der Waals surface area contributed by atoms with Crippen LogP contribution in [0.1, 0.15) is 16.9 Å². The Morgan fingerprint density at radius 3 is 2.86 bits per heavy atom. The van der Waals surface area contributed by atoms with E-state index in [-0.39, 0.29) is 19.5 Å². The van der Waals surface area contributed by atoms with Crippen LogP contribution in [0.5, 0.6) is 0 Å². The fourth-order valence-corrected chi connectivity index (χ4v) is 4.72. The predicted molar refractivity (Wildman–Crippen MR) is 85.3 cm³/mol. The average molecular weight is 369 g/mol. The molecule has 1 aromatic carbocycles. The van der Waals surface area contributed by atoms with Gasteiger partial charge in [0.2, 0.25) is 0 Å². The van der Waals surface area contributed by atoms with Crippen molar-refractivity contribution < 1.29 is 4.39 Å². The van der Waals surface area contributed by atoms with E-state index in [1.54, 1.807) is 18.5 Å². The molecule has 0 spiro atoms. The summed E-state index contributed by atoms with van der Waals surface area (Å²) in [5.41, 5.74) is 1.97. The zero-order chi connectivity index (χ0) is 15.0. The van der Waals surface area contributed by atoms with Crippen molar-refractivity contribution in [3.8, 4) is 0 Å². The zero-order valence-corrected chi connectivity index (χ0v) is 14.0. The molecule has 2 aromatic heterocycles. The van der Waals surface area contributed by atoms with Crippen LogP contribution in [0, 0.1) is 12.7 Å². The van der Waals surface area contributed by atoms with Crippen LogP contribution in [-0.4, -0.2) is 24.5 Å². The van der Waals surface area contributed by atoms with E-state index < -0.39 is 5.82 Å². The quantitative estimate of drug-likeness (QED) is 0.707. The number of halogens is 2. The van der Waals surface area contributed by atoms with Crippen molar-refractivity contribution in [3.63, 3.8) is 0 Å². The number of fused-ring (bicyclic) bond motifs is 1. The van der Waals surface area contributed by atoms with Gasteiger partial charge in [0.15, 0.2) is 0 Å². The summed E-state index contributed by atoms with van der Waals surface area (Å²) >= 11 is 6.09.